The van der Waals surface area contributed by atoms with Crippen molar-refractivity contribution in [3.63, 3.8) is 0 Å². The van der Waals surface area contributed by atoms with Gasteiger partial charge in [0.05, 0.1) is 12.5 Å². The van der Waals surface area contributed by atoms with Crippen molar-refractivity contribution in [2.24, 2.45) is 12.5 Å². The molecule has 3 N–H and O–H groups in total. The molecule has 2 aromatic rings. The van der Waals surface area contributed by atoms with Crippen molar-refractivity contribution in [1.29, 1.82) is 0 Å². The van der Waals surface area contributed by atoms with Gasteiger partial charge in [-0.15, -0.1) is 0 Å². The molecular formula is C46H69N7O9. The van der Waals surface area contributed by atoms with Crippen LogP contribution in [0, 0.1) is 5.41 Å². The lowest BCUT2D eigenvalue weighted by Crippen LogP contribution is -2.62. The summed E-state index contributed by atoms with van der Waals surface area (Å²) < 4.78 is 13.2. The van der Waals surface area contributed by atoms with Crippen LogP contribution in [0.15, 0.2) is 54.3 Å². The second kappa shape index (κ2) is 20.1. The molecule has 16 heteroatoms. The van der Waals surface area contributed by atoms with Crippen molar-refractivity contribution in [1.82, 2.24) is 35.2 Å². The molecule has 0 radical (unpaired) electrons. The number of carbonyl (C=O) groups is 7. The molecule has 1 aliphatic rings. The summed E-state index contributed by atoms with van der Waals surface area (Å²) in [7, 11) is 5.01. The number of esters is 1. The number of likely N-dealkylation sites (N-methyl/N-ethyl adjacent to an activating group) is 2. The Morgan fingerprint density at radius 1 is 0.839 bits per heavy atom. The second-order valence-corrected chi connectivity index (χ2v) is 19.6. The Morgan fingerprint density at radius 3 is 1.98 bits per heavy atom. The van der Waals surface area contributed by atoms with E-state index in [1.54, 1.807) is 61.6 Å². The predicted molar refractivity (Wildman–Crippen MR) is 238 cm³/mol. The highest BCUT2D eigenvalue weighted by Gasteiger charge is 2.46. The van der Waals surface area contributed by atoms with Crippen molar-refractivity contribution >= 4 is 52.5 Å². The second-order valence-electron chi connectivity index (χ2n) is 19.6. The van der Waals surface area contributed by atoms with Gasteiger partial charge in [0, 0.05) is 87.6 Å². The molecule has 0 saturated carbocycles. The summed E-state index contributed by atoms with van der Waals surface area (Å²) >= 11 is 0. The van der Waals surface area contributed by atoms with E-state index in [9.17, 15) is 33.6 Å². The first-order valence-corrected chi connectivity index (χ1v) is 20.9. The van der Waals surface area contributed by atoms with Crippen LogP contribution in [0.25, 0.3) is 10.9 Å². The van der Waals surface area contributed by atoms with Crippen molar-refractivity contribution < 1.29 is 43.0 Å². The third-order valence-electron chi connectivity index (χ3n) is 10.4. The van der Waals surface area contributed by atoms with E-state index in [2.05, 4.69) is 16.0 Å². The van der Waals surface area contributed by atoms with Gasteiger partial charge in [-0.2, -0.15) is 0 Å². The Hall–Kier alpha value is -5.51. The van der Waals surface area contributed by atoms with Gasteiger partial charge < -0.3 is 34.9 Å². The number of carbonyl (C=O) groups excluding carboxylic acids is 7. The van der Waals surface area contributed by atoms with E-state index in [1.807, 2.05) is 76.7 Å². The maximum atomic E-state index is 14.7. The molecule has 0 spiro atoms. The van der Waals surface area contributed by atoms with Crippen LogP contribution in [0.5, 0.6) is 0 Å². The van der Waals surface area contributed by atoms with Gasteiger partial charge in [0.1, 0.15) is 23.3 Å². The van der Waals surface area contributed by atoms with Gasteiger partial charge in [-0.05, 0) is 65.5 Å². The van der Waals surface area contributed by atoms with Crippen LogP contribution in [0.3, 0.4) is 0 Å². The largest absolute Gasteiger partial charge is 0.460 e. The van der Waals surface area contributed by atoms with E-state index >= 15 is 0 Å². The monoisotopic (exact) mass is 864 g/mol. The first kappa shape index (κ1) is 50.8. The van der Waals surface area contributed by atoms with Crippen LogP contribution in [0.1, 0.15) is 95.1 Å². The number of para-hydroxylation sites is 1. The predicted octanol–water partition coefficient (Wildman–Crippen LogP) is 4.36. The molecule has 16 nitrogen and oxygen atoms in total. The third kappa shape index (κ3) is 13.7. The Morgan fingerprint density at radius 2 is 1.42 bits per heavy atom. The van der Waals surface area contributed by atoms with E-state index in [-0.39, 0.29) is 38.2 Å². The van der Waals surface area contributed by atoms with Crippen LogP contribution >= 0.6 is 0 Å². The summed E-state index contributed by atoms with van der Waals surface area (Å²) in [4.78, 5) is 96.6. The summed E-state index contributed by atoms with van der Waals surface area (Å²) in [6, 6.07) is 4.92. The summed E-state index contributed by atoms with van der Waals surface area (Å²) in [6.45, 7) is 21.8. The minimum absolute atomic E-state index is 0.00415. The lowest BCUT2D eigenvalue weighted by Gasteiger charge is -2.41. The number of nitrogens with one attached hydrogen (secondary N) is 3. The van der Waals surface area contributed by atoms with Gasteiger partial charge in [0.15, 0.2) is 0 Å². The molecule has 0 bridgehead atoms. The fourth-order valence-corrected chi connectivity index (χ4v) is 7.15. The number of hydrogen-bond acceptors (Lipinski definition) is 10. The zero-order chi connectivity index (χ0) is 47.1. The van der Waals surface area contributed by atoms with E-state index in [4.69, 9.17) is 9.47 Å². The number of rotatable bonds is 17. The zero-order valence-corrected chi connectivity index (χ0v) is 39.3. The van der Waals surface area contributed by atoms with Crippen molar-refractivity contribution in [2.45, 2.75) is 124 Å². The molecule has 342 valence electrons. The summed E-state index contributed by atoms with van der Waals surface area (Å²) in [6.07, 6.45) is 5.08. The van der Waals surface area contributed by atoms with Crippen molar-refractivity contribution in [2.75, 3.05) is 40.3 Å². The van der Waals surface area contributed by atoms with E-state index in [1.165, 1.54) is 29.0 Å². The molecule has 2 heterocycles. The van der Waals surface area contributed by atoms with E-state index < -0.39 is 81.8 Å². The van der Waals surface area contributed by atoms with E-state index in [0.717, 1.165) is 21.4 Å². The van der Waals surface area contributed by atoms with Gasteiger partial charge in [-0.1, -0.05) is 58.9 Å². The van der Waals surface area contributed by atoms with Gasteiger partial charge in [-0.25, -0.2) is 4.79 Å². The maximum absolute atomic E-state index is 14.7. The fourth-order valence-electron chi connectivity index (χ4n) is 7.15. The molecule has 0 aliphatic carbocycles. The van der Waals surface area contributed by atoms with Crippen molar-refractivity contribution in [3.8, 4) is 0 Å². The average Bonchev–Trinajstić information content (AvgIpc) is 3.65. The molecule has 0 saturated heterocycles. The average molecular weight is 864 g/mol. The highest BCUT2D eigenvalue weighted by molar-refractivity contribution is 6.12. The van der Waals surface area contributed by atoms with Gasteiger partial charge in [0.25, 0.3) is 11.8 Å². The number of ether oxygens (including phenoxy) is 2. The summed E-state index contributed by atoms with van der Waals surface area (Å²) in [5.41, 5.74) is -1.30. The Labute approximate surface area is 366 Å². The normalized spacial score (nSPS) is 15.3. The molecule has 0 fully saturated rings. The fraction of sp³-hybridized carbons (Fsp3) is 0.587. The van der Waals surface area contributed by atoms with Crippen molar-refractivity contribution in [3.05, 3.63) is 59.8 Å². The molecular weight excluding hydrogens is 795 g/mol. The topological polar surface area (TPSA) is 189 Å². The van der Waals surface area contributed by atoms with Crippen LogP contribution in [-0.4, -0.2) is 130 Å². The van der Waals surface area contributed by atoms with Crippen LogP contribution in [0.2, 0.25) is 0 Å². The van der Waals surface area contributed by atoms with Crippen LogP contribution < -0.4 is 16.0 Å². The Balaban J connectivity index is 1.82. The van der Waals surface area contributed by atoms with Crippen LogP contribution in [-0.2, 0) is 50.7 Å². The lowest BCUT2D eigenvalue weighted by atomic mass is 9.76. The van der Waals surface area contributed by atoms with Crippen LogP contribution in [0.4, 0.5) is 4.79 Å². The first-order chi connectivity index (χ1) is 28.4. The number of amides is 6. The number of aryl methyl sites for hydroxylation is 1. The molecule has 3 atom stereocenters. The molecule has 1 aromatic heterocycles. The zero-order valence-electron chi connectivity index (χ0n) is 39.3. The standard InChI is InChI=1S/C46H69N7O9/c1-29(39(57)48-30(26-36(56)61-44(5,6)7)27-47-23-25-53-34(54)20-21-35(53)55)22-24-50(13)41(59)37(43(2,3)4)49-40(58)38(52(15)42(60)62-45(8,9)10)46(11,12)32-28-51(14)33-19-17-16-18-31(32)33/h16-22,28,30,37-38,47H,23-27H2,1-15H3,(H,48,57)(H,49,58)/b29-22+/t30-,37?,38+/m0/s1. The lowest BCUT2D eigenvalue weighted by molar-refractivity contribution is -0.155. The highest BCUT2D eigenvalue weighted by Crippen LogP contribution is 2.37. The third-order valence-corrected chi connectivity index (χ3v) is 10.4. The minimum Gasteiger partial charge on any atom is -0.460 e. The quantitative estimate of drug-likeness (QED) is 0.0893. The molecule has 62 heavy (non-hydrogen) atoms. The maximum Gasteiger partial charge on any atom is 0.410 e. The van der Waals surface area contributed by atoms with E-state index in [0.29, 0.717) is 0 Å². The van der Waals surface area contributed by atoms with Gasteiger partial charge >= 0.3 is 12.1 Å². The van der Waals surface area contributed by atoms with Gasteiger partial charge in [0.2, 0.25) is 17.7 Å². The Bertz CT molecular complexity index is 2050. The molecule has 3 rings (SSSR count). The smallest absolute Gasteiger partial charge is 0.410 e. The summed E-state index contributed by atoms with van der Waals surface area (Å²) in [5, 5.41) is 9.88. The number of fused-ring (bicyclic) bond motifs is 1. The molecule has 6 amide bonds. The number of benzene rings is 1. The van der Waals surface area contributed by atoms with Gasteiger partial charge in [-0.3, -0.25) is 38.6 Å². The molecule has 1 aliphatic heterocycles. The number of nitrogens with zero attached hydrogens (tertiary/aromatic N) is 4. The minimum atomic E-state index is -1.12. The Kier molecular flexibility index (Phi) is 16.5. The number of aromatic nitrogens is 1. The first-order valence-electron chi connectivity index (χ1n) is 20.9. The number of imide groups is 1. The highest BCUT2D eigenvalue weighted by atomic mass is 16.6. The molecule has 1 unspecified atom stereocenters. The number of hydrogen-bond donors (Lipinski definition) is 3. The SMILES string of the molecule is C/C(=C\CN(C)C(=O)C(NC(=O)[C@@H](N(C)C(=O)OC(C)(C)C)C(C)(C)c1cn(C)c2ccccc12)C(C)(C)C)C(=O)N[C@H](CNCCN1C(=O)C=CC1=O)CC(=O)OC(C)(C)C. The molecule has 1 aromatic carbocycles. The summed E-state index contributed by atoms with van der Waals surface area (Å²) in [5.74, 6) is -2.81.